The van der Waals surface area contributed by atoms with Gasteiger partial charge in [-0.15, -0.1) is 0 Å². The molecule has 0 atom stereocenters. The number of rotatable bonds is 5. The van der Waals surface area contributed by atoms with Gasteiger partial charge in [-0.25, -0.2) is 4.79 Å². The predicted molar refractivity (Wildman–Crippen MR) is 63.3 cm³/mol. The van der Waals surface area contributed by atoms with Crippen LogP contribution in [0.2, 0.25) is 10.0 Å². The number of carbonyl (C=O) groups is 2. The van der Waals surface area contributed by atoms with E-state index in [1.54, 1.807) is 0 Å². The zero-order valence-corrected chi connectivity index (χ0v) is 11.5. The molecule has 0 unspecified atom stereocenters. The van der Waals surface area contributed by atoms with E-state index in [4.69, 9.17) is 28.3 Å². The molecule has 0 spiro atoms. The molecule has 0 amide bonds. The number of carboxylic acids is 1. The number of carbonyl (C=O) groups excluding carboxylic acids is 1. The maximum Gasteiger partial charge on any atom is 0.411 e. The molecule has 0 saturated heterocycles. The van der Waals surface area contributed by atoms with E-state index < -0.39 is 35.1 Å². The summed E-state index contributed by atoms with van der Waals surface area (Å²) < 4.78 is 79.0. The number of ketones is 1. The monoisotopic (exact) mass is 368 g/mol. The first-order valence-electron chi connectivity index (χ1n) is 5.13. The molecule has 0 aliphatic rings. The highest BCUT2D eigenvalue weighted by Crippen LogP contribution is 2.47. The molecule has 22 heavy (non-hydrogen) atoms. The van der Waals surface area contributed by atoms with Crippen LogP contribution in [-0.2, 0) is 4.79 Å². The van der Waals surface area contributed by atoms with E-state index in [-0.39, 0.29) is 10.0 Å². The number of alkyl halides is 6. The predicted octanol–water partition coefficient (Wildman–Crippen LogP) is 4.17. The van der Waals surface area contributed by atoms with Crippen molar-refractivity contribution in [3.8, 4) is 0 Å². The maximum absolute atomic E-state index is 13.5. The Kier molecular flexibility index (Phi) is 4.74. The maximum atomic E-state index is 13.5. The lowest BCUT2D eigenvalue weighted by atomic mass is 9.96. The minimum absolute atomic E-state index is 0.389. The molecule has 1 N–H and O–H groups in total. The molecule has 0 aliphatic heterocycles. The van der Waals surface area contributed by atoms with Gasteiger partial charge in [-0.05, 0) is 18.2 Å². The smallest absolute Gasteiger partial charge is 0.411 e. The fraction of sp³-hybridized carbons (Fsp3) is 0.273. The molecule has 1 aromatic rings. The number of hydrogen-bond acceptors (Lipinski definition) is 2. The van der Waals surface area contributed by atoms with E-state index in [0.29, 0.717) is 12.1 Å². The van der Waals surface area contributed by atoms with Crippen molar-refractivity contribution in [3.63, 3.8) is 0 Å². The molecule has 0 bridgehead atoms. The first-order chi connectivity index (χ1) is 9.75. The van der Waals surface area contributed by atoms with Crippen molar-refractivity contribution in [3.05, 3.63) is 33.8 Å². The van der Waals surface area contributed by atoms with Crippen molar-refractivity contribution < 1.29 is 41.0 Å². The molecule has 0 fully saturated rings. The molecule has 0 radical (unpaired) electrons. The van der Waals surface area contributed by atoms with Gasteiger partial charge >= 0.3 is 23.7 Å². The van der Waals surface area contributed by atoms with Crippen molar-refractivity contribution >= 4 is 35.0 Å². The third-order valence-corrected chi connectivity index (χ3v) is 2.90. The van der Waals surface area contributed by atoms with Crippen LogP contribution in [0.3, 0.4) is 0 Å². The summed E-state index contributed by atoms with van der Waals surface area (Å²) in [7, 11) is 0. The fourth-order valence-electron chi connectivity index (χ4n) is 1.34. The Hall–Kier alpha value is -1.48. The molecule has 0 heterocycles. The van der Waals surface area contributed by atoms with Crippen LogP contribution in [0, 0.1) is 0 Å². The normalized spacial score (nSPS) is 13.1. The van der Waals surface area contributed by atoms with Gasteiger partial charge in [0.05, 0.1) is 0 Å². The first-order valence-corrected chi connectivity index (χ1v) is 5.88. The topological polar surface area (TPSA) is 54.4 Å². The van der Waals surface area contributed by atoms with Gasteiger partial charge in [0, 0.05) is 15.6 Å². The van der Waals surface area contributed by atoms with E-state index in [0.717, 1.165) is 6.07 Å². The third-order valence-electron chi connectivity index (χ3n) is 2.47. The van der Waals surface area contributed by atoms with Crippen LogP contribution >= 0.6 is 23.2 Å². The van der Waals surface area contributed by atoms with Gasteiger partial charge < -0.3 is 5.11 Å². The highest BCUT2D eigenvalue weighted by atomic mass is 35.5. The highest BCUT2D eigenvalue weighted by Gasteiger charge is 2.78. The second kappa shape index (κ2) is 5.62. The van der Waals surface area contributed by atoms with Gasteiger partial charge in [-0.2, -0.15) is 26.3 Å². The molecule has 1 aromatic carbocycles. The zero-order chi connectivity index (χ0) is 17.5. The van der Waals surface area contributed by atoms with E-state index >= 15 is 0 Å². The van der Waals surface area contributed by atoms with Gasteiger partial charge in [0.15, 0.2) is 0 Å². The van der Waals surface area contributed by atoms with Gasteiger partial charge in [-0.1, -0.05) is 23.2 Å². The van der Waals surface area contributed by atoms with Crippen molar-refractivity contribution in [1.29, 1.82) is 0 Å². The zero-order valence-electron chi connectivity index (χ0n) is 10.0. The average molecular weight is 369 g/mol. The van der Waals surface area contributed by atoms with E-state index in [1.807, 2.05) is 0 Å². The van der Waals surface area contributed by atoms with Crippen molar-refractivity contribution in [2.45, 2.75) is 17.8 Å². The van der Waals surface area contributed by atoms with Crippen LogP contribution < -0.4 is 0 Å². The summed E-state index contributed by atoms with van der Waals surface area (Å²) >= 11 is 10.8. The highest BCUT2D eigenvalue weighted by molar-refractivity contribution is 6.35. The van der Waals surface area contributed by atoms with Crippen LogP contribution in [-0.4, -0.2) is 34.6 Å². The molecule has 122 valence electrons. The van der Waals surface area contributed by atoms with Gasteiger partial charge in [-0.3, -0.25) is 4.79 Å². The molecular formula is C11H4Cl2F6O3. The number of benzene rings is 1. The number of hydrogen-bond donors (Lipinski definition) is 1. The van der Waals surface area contributed by atoms with Crippen LogP contribution in [0.15, 0.2) is 18.2 Å². The summed E-state index contributed by atoms with van der Waals surface area (Å²) in [6.07, 6.45) is 0. The summed E-state index contributed by atoms with van der Waals surface area (Å²) in [5.74, 6) is -24.9. The third kappa shape index (κ3) is 2.87. The summed E-state index contributed by atoms with van der Waals surface area (Å²) in [5.41, 5.74) is -1.18. The standard InChI is InChI=1S/C11H4Cl2F6O3/c12-5-1-4(2-6(13)3-5)7(20)9(14,15)11(18,19)10(16,17)8(21)22/h1-3H,(H,21,22). The molecule has 0 saturated carbocycles. The summed E-state index contributed by atoms with van der Waals surface area (Å²) in [4.78, 5) is 21.5. The van der Waals surface area contributed by atoms with Crippen LogP contribution in [0.25, 0.3) is 0 Å². The van der Waals surface area contributed by atoms with Crippen LogP contribution in [0.4, 0.5) is 26.3 Å². The first kappa shape index (κ1) is 18.6. The molecule has 3 nitrogen and oxygen atoms in total. The summed E-state index contributed by atoms with van der Waals surface area (Å²) in [6, 6.07) is 1.97. The van der Waals surface area contributed by atoms with Crippen molar-refractivity contribution in [2.75, 3.05) is 0 Å². The lowest BCUT2D eigenvalue weighted by Crippen LogP contribution is -2.60. The molecule has 1 rings (SSSR count). The number of halogens is 8. The minimum atomic E-state index is -6.47. The average Bonchev–Trinajstić information content (AvgIpc) is 2.35. The van der Waals surface area contributed by atoms with E-state index in [2.05, 4.69) is 0 Å². The Morgan fingerprint density at radius 1 is 0.864 bits per heavy atom. The van der Waals surface area contributed by atoms with Crippen molar-refractivity contribution in [2.24, 2.45) is 0 Å². The molecular weight excluding hydrogens is 365 g/mol. The second-order valence-electron chi connectivity index (χ2n) is 4.02. The van der Waals surface area contributed by atoms with E-state index in [9.17, 15) is 35.9 Å². The summed E-state index contributed by atoms with van der Waals surface area (Å²) in [5, 5.41) is 7.19. The minimum Gasteiger partial charge on any atom is -0.477 e. The summed E-state index contributed by atoms with van der Waals surface area (Å²) in [6.45, 7) is 0. The Labute approximate surface area is 128 Å². The van der Waals surface area contributed by atoms with Gasteiger partial charge in [0.2, 0.25) is 5.78 Å². The fourth-order valence-corrected chi connectivity index (χ4v) is 1.87. The Balaban J connectivity index is 3.39. The van der Waals surface area contributed by atoms with Crippen LogP contribution in [0.1, 0.15) is 10.4 Å². The Morgan fingerprint density at radius 3 is 1.64 bits per heavy atom. The van der Waals surface area contributed by atoms with Crippen LogP contribution in [0.5, 0.6) is 0 Å². The largest absolute Gasteiger partial charge is 0.477 e. The van der Waals surface area contributed by atoms with E-state index in [1.165, 1.54) is 0 Å². The molecule has 0 aliphatic carbocycles. The number of carboxylic acid groups (broad SMARTS) is 1. The Bertz CT molecular complexity index is 612. The number of aliphatic carboxylic acids is 1. The SMILES string of the molecule is O=C(O)C(F)(F)C(F)(F)C(F)(F)C(=O)c1cc(Cl)cc(Cl)c1. The van der Waals surface area contributed by atoms with Gasteiger partial charge in [0.25, 0.3) is 0 Å². The molecule has 0 aromatic heterocycles. The second-order valence-corrected chi connectivity index (χ2v) is 4.89. The lowest BCUT2D eigenvalue weighted by molar-refractivity contribution is -0.285. The molecule has 11 heteroatoms. The Morgan fingerprint density at radius 2 is 1.27 bits per heavy atom. The van der Waals surface area contributed by atoms with Gasteiger partial charge in [0.1, 0.15) is 0 Å². The quantitative estimate of drug-likeness (QED) is 0.626. The lowest BCUT2D eigenvalue weighted by Gasteiger charge is -2.29. The van der Waals surface area contributed by atoms with Crippen molar-refractivity contribution in [1.82, 2.24) is 0 Å². The number of Topliss-reactive ketones (excluding diaryl/α,β-unsaturated/α-hetero) is 1.